The van der Waals surface area contributed by atoms with Crippen molar-refractivity contribution in [1.29, 1.82) is 5.26 Å². The van der Waals surface area contributed by atoms with Gasteiger partial charge in [-0.1, -0.05) is 0 Å². The van der Waals surface area contributed by atoms with Crippen molar-refractivity contribution in [3.63, 3.8) is 0 Å². The molecule has 72 valence electrons. The van der Waals surface area contributed by atoms with E-state index in [0.29, 0.717) is 0 Å². The Kier molecular flexibility index (Phi) is 2.52. The summed E-state index contributed by atoms with van der Waals surface area (Å²) in [6.45, 7) is 6.57. The van der Waals surface area contributed by atoms with Gasteiger partial charge in [-0.3, -0.25) is 4.90 Å². The highest BCUT2D eigenvalue weighted by Crippen LogP contribution is 2.27. The molecule has 0 radical (unpaired) electrons. The summed E-state index contributed by atoms with van der Waals surface area (Å²) in [6, 6.07) is 2.42. The molecule has 2 saturated heterocycles. The first kappa shape index (κ1) is 8.98. The van der Waals surface area contributed by atoms with Crippen molar-refractivity contribution >= 4 is 0 Å². The number of rotatable bonds is 1. The van der Waals surface area contributed by atoms with E-state index in [4.69, 9.17) is 5.26 Å². The number of hydrogen-bond donors (Lipinski definition) is 1. The van der Waals surface area contributed by atoms with Gasteiger partial charge in [0.1, 0.15) is 0 Å². The van der Waals surface area contributed by atoms with Gasteiger partial charge in [0.2, 0.25) is 0 Å². The van der Waals surface area contributed by atoms with Crippen LogP contribution in [0.25, 0.3) is 0 Å². The van der Waals surface area contributed by atoms with Crippen molar-refractivity contribution < 1.29 is 0 Å². The Morgan fingerprint density at radius 2 is 2.23 bits per heavy atom. The molecule has 1 N–H and O–H groups in total. The highest BCUT2D eigenvalue weighted by molar-refractivity contribution is 4.94. The van der Waals surface area contributed by atoms with Crippen molar-refractivity contribution in [2.24, 2.45) is 11.8 Å². The Hall–Kier alpha value is -0.590. The molecule has 0 aromatic heterocycles. The molecule has 0 amide bonds. The summed E-state index contributed by atoms with van der Waals surface area (Å²) in [5, 5.41) is 12.3. The third kappa shape index (κ3) is 1.70. The Labute approximate surface area is 79.7 Å². The molecule has 0 aromatic carbocycles. The fourth-order valence-corrected chi connectivity index (χ4v) is 2.50. The number of piperidine rings is 1. The molecule has 2 aliphatic heterocycles. The van der Waals surface area contributed by atoms with Gasteiger partial charge in [-0.25, -0.2) is 0 Å². The summed E-state index contributed by atoms with van der Waals surface area (Å²) in [5.41, 5.74) is 0. The predicted molar refractivity (Wildman–Crippen MR) is 51.1 cm³/mol. The zero-order chi connectivity index (χ0) is 9.26. The maximum atomic E-state index is 8.82. The molecule has 0 bridgehead atoms. The van der Waals surface area contributed by atoms with Crippen LogP contribution in [0.3, 0.4) is 0 Å². The number of nitrogens with zero attached hydrogens (tertiary/aromatic N) is 2. The van der Waals surface area contributed by atoms with Gasteiger partial charge < -0.3 is 5.32 Å². The summed E-state index contributed by atoms with van der Waals surface area (Å²) >= 11 is 0. The molecule has 0 aliphatic carbocycles. The van der Waals surface area contributed by atoms with E-state index in [1.165, 1.54) is 13.0 Å². The quantitative estimate of drug-likeness (QED) is 0.635. The standard InChI is InChI=1S/C10H17N3/c1-8(4-11)13-3-2-9-5-12-6-10(9)7-13/h8-10,12H,2-3,5-7H2,1H3. The van der Waals surface area contributed by atoms with Crippen molar-refractivity contribution in [2.75, 3.05) is 26.2 Å². The highest BCUT2D eigenvalue weighted by Gasteiger charge is 2.33. The van der Waals surface area contributed by atoms with Gasteiger partial charge in [0.15, 0.2) is 0 Å². The molecule has 3 atom stereocenters. The van der Waals surface area contributed by atoms with Gasteiger partial charge in [0, 0.05) is 6.54 Å². The first-order chi connectivity index (χ1) is 6.31. The Morgan fingerprint density at radius 3 is 3.00 bits per heavy atom. The van der Waals surface area contributed by atoms with Crippen LogP contribution < -0.4 is 5.32 Å². The molecule has 0 spiro atoms. The first-order valence-corrected chi connectivity index (χ1v) is 5.15. The first-order valence-electron chi connectivity index (χ1n) is 5.15. The molecule has 2 heterocycles. The van der Waals surface area contributed by atoms with E-state index in [0.717, 1.165) is 31.5 Å². The van der Waals surface area contributed by atoms with Gasteiger partial charge >= 0.3 is 0 Å². The molecule has 3 heteroatoms. The maximum Gasteiger partial charge on any atom is 0.0949 e. The van der Waals surface area contributed by atoms with E-state index in [1.54, 1.807) is 0 Å². The van der Waals surface area contributed by atoms with Crippen LogP contribution >= 0.6 is 0 Å². The Balaban J connectivity index is 1.94. The van der Waals surface area contributed by atoms with Crippen molar-refractivity contribution in [3.05, 3.63) is 0 Å². The van der Waals surface area contributed by atoms with Gasteiger partial charge in [0.05, 0.1) is 12.1 Å². The smallest absolute Gasteiger partial charge is 0.0949 e. The summed E-state index contributed by atoms with van der Waals surface area (Å²) in [7, 11) is 0. The van der Waals surface area contributed by atoms with Crippen LogP contribution in [-0.4, -0.2) is 37.1 Å². The largest absolute Gasteiger partial charge is 0.316 e. The molecule has 2 aliphatic rings. The van der Waals surface area contributed by atoms with E-state index >= 15 is 0 Å². The van der Waals surface area contributed by atoms with E-state index < -0.39 is 0 Å². The van der Waals surface area contributed by atoms with Gasteiger partial charge in [-0.2, -0.15) is 5.26 Å². The van der Waals surface area contributed by atoms with Crippen LogP contribution in [0.2, 0.25) is 0 Å². The summed E-state index contributed by atoms with van der Waals surface area (Å²) < 4.78 is 0. The SMILES string of the molecule is CC(C#N)N1CCC2CNCC2C1. The molecule has 3 unspecified atom stereocenters. The van der Waals surface area contributed by atoms with Crippen LogP contribution in [0, 0.1) is 23.2 Å². The van der Waals surface area contributed by atoms with E-state index in [-0.39, 0.29) is 6.04 Å². The van der Waals surface area contributed by atoms with E-state index in [9.17, 15) is 0 Å². The minimum absolute atomic E-state index is 0.0987. The summed E-state index contributed by atoms with van der Waals surface area (Å²) in [5.74, 6) is 1.67. The number of likely N-dealkylation sites (tertiary alicyclic amines) is 1. The Bertz CT molecular complexity index is 221. The number of hydrogen-bond acceptors (Lipinski definition) is 3. The predicted octanol–water partition coefficient (Wildman–Crippen LogP) is 0.440. The zero-order valence-electron chi connectivity index (χ0n) is 8.16. The van der Waals surface area contributed by atoms with Crippen LogP contribution in [0.4, 0.5) is 0 Å². The minimum atomic E-state index is 0.0987. The van der Waals surface area contributed by atoms with Crippen LogP contribution in [0.15, 0.2) is 0 Å². The maximum absolute atomic E-state index is 8.82. The molecule has 0 saturated carbocycles. The topological polar surface area (TPSA) is 39.1 Å². The molecule has 13 heavy (non-hydrogen) atoms. The second kappa shape index (κ2) is 3.65. The normalized spacial score (nSPS) is 36.6. The van der Waals surface area contributed by atoms with Crippen molar-refractivity contribution in [3.8, 4) is 6.07 Å². The average Bonchev–Trinajstić information content (AvgIpc) is 2.63. The van der Waals surface area contributed by atoms with Crippen LogP contribution in [-0.2, 0) is 0 Å². The highest BCUT2D eigenvalue weighted by atomic mass is 15.2. The van der Waals surface area contributed by atoms with E-state index in [2.05, 4.69) is 16.3 Å². The molecule has 2 rings (SSSR count). The number of nitriles is 1. The van der Waals surface area contributed by atoms with Crippen LogP contribution in [0.1, 0.15) is 13.3 Å². The lowest BCUT2D eigenvalue weighted by Gasteiger charge is -2.35. The minimum Gasteiger partial charge on any atom is -0.316 e. The lowest BCUT2D eigenvalue weighted by molar-refractivity contribution is 0.132. The number of nitrogens with one attached hydrogen (secondary N) is 1. The summed E-state index contributed by atoms with van der Waals surface area (Å²) in [6.07, 6.45) is 1.27. The fourth-order valence-electron chi connectivity index (χ4n) is 2.50. The van der Waals surface area contributed by atoms with Crippen LogP contribution in [0.5, 0.6) is 0 Å². The molecule has 0 aromatic rings. The number of fused-ring (bicyclic) bond motifs is 1. The van der Waals surface area contributed by atoms with Crippen molar-refractivity contribution in [2.45, 2.75) is 19.4 Å². The third-order valence-electron chi connectivity index (χ3n) is 3.47. The molecular weight excluding hydrogens is 162 g/mol. The molecular formula is C10H17N3. The Morgan fingerprint density at radius 1 is 1.46 bits per heavy atom. The van der Waals surface area contributed by atoms with Gasteiger partial charge in [-0.15, -0.1) is 0 Å². The lowest BCUT2D eigenvalue weighted by Crippen LogP contribution is -2.44. The average molecular weight is 179 g/mol. The fraction of sp³-hybridized carbons (Fsp3) is 0.900. The molecule has 3 nitrogen and oxygen atoms in total. The lowest BCUT2D eigenvalue weighted by atomic mass is 9.88. The van der Waals surface area contributed by atoms with Gasteiger partial charge in [-0.05, 0) is 44.8 Å². The third-order valence-corrected chi connectivity index (χ3v) is 3.47. The monoisotopic (exact) mass is 179 g/mol. The second-order valence-electron chi connectivity index (χ2n) is 4.27. The zero-order valence-corrected chi connectivity index (χ0v) is 8.16. The van der Waals surface area contributed by atoms with E-state index in [1.807, 2.05) is 6.92 Å². The van der Waals surface area contributed by atoms with Gasteiger partial charge in [0.25, 0.3) is 0 Å². The summed E-state index contributed by atoms with van der Waals surface area (Å²) in [4.78, 5) is 2.31. The second-order valence-corrected chi connectivity index (χ2v) is 4.27. The van der Waals surface area contributed by atoms with Crippen molar-refractivity contribution in [1.82, 2.24) is 10.2 Å². The molecule has 2 fully saturated rings.